The van der Waals surface area contributed by atoms with Crippen molar-refractivity contribution in [3.05, 3.63) is 133 Å². The molecule has 0 atom stereocenters. The highest BCUT2D eigenvalue weighted by Crippen LogP contribution is 2.46. The molecule has 4 aromatic carbocycles. The third-order valence-electron chi connectivity index (χ3n) is 7.18. The van der Waals surface area contributed by atoms with Gasteiger partial charge in [-0.1, -0.05) is 89.1 Å². The number of aromatic nitrogens is 1. The highest BCUT2D eigenvalue weighted by atomic mass is 79.9. The Morgan fingerprint density at radius 1 is 0.792 bits per heavy atom. The maximum absolute atomic E-state index is 11.2. The van der Waals surface area contributed by atoms with Gasteiger partial charge in [0.05, 0.1) is 22.2 Å². The minimum absolute atomic E-state index is 0.281. The van der Waals surface area contributed by atoms with Gasteiger partial charge in [0, 0.05) is 30.5 Å². The first-order chi connectivity index (χ1) is 23.1. The Morgan fingerprint density at radius 3 is 2.21 bits per heavy atom. The van der Waals surface area contributed by atoms with Gasteiger partial charge in [0.2, 0.25) is 5.52 Å². The molecule has 7 nitrogen and oxygen atoms in total. The van der Waals surface area contributed by atoms with E-state index in [9.17, 15) is 13.0 Å². The fourth-order valence-electron chi connectivity index (χ4n) is 4.94. The smallest absolute Gasteiger partial charge is 0.262 e. The van der Waals surface area contributed by atoms with Gasteiger partial charge in [-0.3, -0.25) is 0 Å². The lowest BCUT2D eigenvalue weighted by molar-refractivity contribution is -0.669. The molecular weight excluding hydrogens is 864 g/mol. The maximum atomic E-state index is 11.2. The van der Waals surface area contributed by atoms with Crippen LogP contribution in [-0.4, -0.2) is 32.7 Å². The van der Waals surface area contributed by atoms with E-state index in [1.54, 1.807) is 23.1 Å². The monoisotopic (exact) mass is 888 g/mol. The number of ether oxygens (including phenoxy) is 2. The van der Waals surface area contributed by atoms with Crippen LogP contribution in [0.2, 0.25) is 0 Å². The number of halogens is 3. The fourth-order valence-corrected chi connectivity index (χ4v) is 8.54. The van der Waals surface area contributed by atoms with Crippen LogP contribution >= 0.6 is 70.9 Å². The van der Waals surface area contributed by atoms with E-state index in [1.807, 2.05) is 48.6 Å². The van der Waals surface area contributed by atoms with Gasteiger partial charge in [0.1, 0.15) is 39.5 Å². The summed E-state index contributed by atoms with van der Waals surface area (Å²) in [5.74, 6) is 1.32. The summed E-state index contributed by atoms with van der Waals surface area (Å²) in [7, 11) is -4.50. The number of allylic oxidation sites excluding steroid dienone is 4. The summed E-state index contributed by atoms with van der Waals surface area (Å²) < 4.78 is 52.1. The zero-order chi connectivity index (χ0) is 33.7. The van der Waals surface area contributed by atoms with Crippen molar-refractivity contribution in [2.24, 2.45) is 0 Å². The molecule has 0 unspecified atom stereocenters. The molecule has 6 rings (SSSR count). The van der Waals surface area contributed by atoms with Crippen molar-refractivity contribution in [2.45, 2.75) is 16.3 Å². The number of anilines is 1. The third kappa shape index (κ3) is 8.81. The number of fused-ring (bicyclic) bond motifs is 2. The Labute approximate surface area is 312 Å². The second-order valence-corrected chi connectivity index (χ2v) is 16.6. The van der Waals surface area contributed by atoms with Gasteiger partial charge in [-0.05, 0) is 84.9 Å². The van der Waals surface area contributed by atoms with Crippen LogP contribution in [0.25, 0.3) is 16.3 Å². The van der Waals surface area contributed by atoms with Gasteiger partial charge in [-0.2, -0.15) is 4.57 Å². The molecule has 0 bridgehead atoms. The average Bonchev–Trinajstić information content (AvgIpc) is 3.58. The number of thiazole rings is 1. The first-order valence-corrected chi connectivity index (χ1v) is 20.0. The second-order valence-electron chi connectivity index (χ2n) is 10.4. The molecule has 13 heteroatoms. The van der Waals surface area contributed by atoms with Crippen molar-refractivity contribution in [2.75, 3.05) is 24.7 Å². The molecule has 1 aliphatic heterocycles. The van der Waals surface area contributed by atoms with Gasteiger partial charge in [-0.25, -0.2) is 8.42 Å². The third-order valence-corrected chi connectivity index (χ3v) is 11.8. The van der Waals surface area contributed by atoms with Gasteiger partial charge in [-0.15, -0.1) is 0 Å². The predicted molar refractivity (Wildman–Crippen MR) is 203 cm³/mol. The molecule has 0 saturated carbocycles. The van der Waals surface area contributed by atoms with Crippen LogP contribution in [0.5, 0.6) is 11.5 Å². The molecule has 0 radical (unpaired) electrons. The summed E-state index contributed by atoms with van der Waals surface area (Å²) in [4.78, 5) is 3.05. The van der Waals surface area contributed by atoms with Crippen LogP contribution in [-0.2, 0) is 16.7 Å². The molecule has 0 saturated heterocycles. The first-order valence-electron chi connectivity index (χ1n) is 14.6. The molecule has 0 amide bonds. The van der Waals surface area contributed by atoms with Crippen molar-refractivity contribution < 1.29 is 27.0 Å². The first kappa shape index (κ1) is 34.9. The minimum Gasteiger partial charge on any atom is -0.744 e. The molecule has 246 valence electrons. The van der Waals surface area contributed by atoms with E-state index in [-0.39, 0.29) is 4.90 Å². The summed E-state index contributed by atoms with van der Waals surface area (Å²) in [6.07, 6.45) is 10.3. The Morgan fingerprint density at radius 2 is 1.46 bits per heavy atom. The van der Waals surface area contributed by atoms with Crippen LogP contribution in [0.1, 0.15) is 5.01 Å². The quantitative estimate of drug-likeness (QED) is 0.0702. The Kier molecular flexibility index (Phi) is 11.5. The standard InChI is InChI=1S/C35H27Br3N2O5S3/c36-24-6-10-27(11-7-24)44-20-18-39-30-22-25(37)8-16-32(30)46-34(39)4-2-1-3-5-35-40(31-23-26(38)9-17-33(31)47-35)19-21-45-28-12-14-29(15-13-28)48(41,42)43/h1-17,22-23H,18-21H2. The van der Waals surface area contributed by atoms with E-state index in [4.69, 9.17) is 9.47 Å². The largest absolute Gasteiger partial charge is 0.744 e. The highest BCUT2D eigenvalue weighted by Gasteiger charge is 2.25. The molecule has 0 fully saturated rings. The molecule has 48 heavy (non-hydrogen) atoms. The van der Waals surface area contributed by atoms with Crippen molar-refractivity contribution in [1.82, 2.24) is 0 Å². The molecular formula is C35H27Br3N2O5S3. The van der Waals surface area contributed by atoms with Crippen LogP contribution in [0.15, 0.2) is 137 Å². The summed E-state index contributed by atoms with van der Waals surface area (Å²) in [5.41, 5.74) is 2.22. The van der Waals surface area contributed by atoms with Crippen LogP contribution in [0, 0.1) is 0 Å². The Bertz CT molecular complexity index is 2130. The average molecular weight is 892 g/mol. The SMILES string of the molecule is O=S(=O)([O-])c1ccc(OCCN2C(=CC=CC=Cc3sc4ccc(Br)cc4[n+]3CCOc3ccc(Br)cc3)Sc3ccc(Br)cc32)cc1. The second kappa shape index (κ2) is 15.8. The van der Waals surface area contributed by atoms with Crippen molar-refractivity contribution in [3.8, 4) is 11.5 Å². The number of hydrogen-bond acceptors (Lipinski definition) is 8. The van der Waals surface area contributed by atoms with Crippen LogP contribution in [0.3, 0.4) is 0 Å². The number of benzene rings is 4. The van der Waals surface area contributed by atoms with Crippen LogP contribution < -0.4 is 18.9 Å². The number of hydrogen-bond donors (Lipinski definition) is 0. The van der Waals surface area contributed by atoms with Gasteiger partial charge < -0.3 is 18.9 Å². The van der Waals surface area contributed by atoms with E-state index < -0.39 is 10.1 Å². The molecule has 5 aromatic rings. The van der Waals surface area contributed by atoms with Crippen LogP contribution in [0.4, 0.5) is 5.69 Å². The highest BCUT2D eigenvalue weighted by molar-refractivity contribution is 9.11. The lowest BCUT2D eigenvalue weighted by Crippen LogP contribution is -2.38. The molecule has 1 aliphatic rings. The normalized spacial score (nSPS) is 14.1. The van der Waals surface area contributed by atoms with Gasteiger partial charge in [0.25, 0.3) is 5.01 Å². The van der Waals surface area contributed by atoms with Gasteiger partial charge in [0.15, 0.2) is 6.54 Å². The summed E-state index contributed by atoms with van der Waals surface area (Å²) in [5, 5.41) is 2.17. The predicted octanol–water partition coefficient (Wildman–Crippen LogP) is 9.56. The minimum atomic E-state index is -4.50. The van der Waals surface area contributed by atoms with Crippen molar-refractivity contribution in [1.29, 1.82) is 0 Å². The zero-order valence-electron chi connectivity index (χ0n) is 25.1. The van der Waals surface area contributed by atoms with Crippen molar-refractivity contribution in [3.63, 3.8) is 0 Å². The van der Waals surface area contributed by atoms with Gasteiger partial charge >= 0.3 is 0 Å². The maximum Gasteiger partial charge on any atom is 0.262 e. The molecule has 0 N–H and O–H groups in total. The Hall–Kier alpha value is -2.91. The molecule has 1 aromatic heterocycles. The number of rotatable bonds is 12. The lowest BCUT2D eigenvalue weighted by atomic mass is 10.3. The molecule has 0 spiro atoms. The van der Waals surface area contributed by atoms with E-state index in [1.165, 1.54) is 29.0 Å². The van der Waals surface area contributed by atoms with E-state index in [0.717, 1.165) is 45.3 Å². The summed E-state index contributed by atoms with van der Waals surface area (Å²) in [6.45, 7) is 2.15. The number of thioether (sulfide) groups is 1. The Balaban J connectivity index is 1.15. The topological polar surface area (TPSA) is 82.8 Å². The summed E-state index contributed by atoms with van der Waals surface area (Å²) >= 11 is 14.1. The molecule has 0 aliphatic carbocycles. The summed E-state index contributed by atoms with van der Waals surface area (Å²) in [6, 6.07) is 25.9. The van der Waals surface area contributed by atoms with E-state index in [2.05, 4.69) is 99.7 Å². The lowest BCUT2D eigenvalue weighted by Gasteiger charge is -2.20. The fraction of sp³-hybridized carbons (Fsp3) is 0.114. The number of nitrogens with zero attached hydrogens (tertiary/aromatic N) is 2. The van der Waals surface area contributed by atoms with E-state index in [0.29, 0.717) is 32.1 Å². The molecule has 2 heterocycles. The van der Waals surface area contributed by atoms with E-state index >= 15 is 0 Å². The van der Waals surface area contributed by atoms with Crippen molar-refractivity contribution >= 4 is 103 Å². The zero-order valence-corrected chi connectivity index (χ0v) is 32.3.